The van der Waals surface area contributed by atoms with Crippen molar-refractivity contribution in [3.63, 3.8) is 0 Å². The van der Waals surface area contributed by atoms with Crippen molar-refractivity contribution in [2.45, 2.75) is 71.3 Å². The van der Waals surface area contributed by atoms with Crippen LogP contribution in [0.25, 0.3) is 0 Å². The standard InChI is InChI=1S/C21H31NO/c1-14(2)18-8-4-16(5-9-18)7-11-21(23)22-15(3)20-13-17-6-10-19(20)12-17/h4-5,8-9,14-15,17,19-20H,6-7,10-13H2,1-3H3,(H,22,23). The second-order valence-electron chi connectivity index (χ2n) is 8.09. The minimum absolute atomic E-state index is 0.216. The van der Waals surface area contributed by atoms with Crippen LogP contribution >= 0.6 is 0 Å². The zero-order valence-corrected chi connectivity index (χ0v) is 14.8. The number of nitrogens with one attached hydrogen (secondary N) is 1. The monoisotopic (exact) mass is 313 g/mol. The molecule has 0 aromatic heterocycles. The highest BCUT2D eigenvalue weighted by Crippen LogP contribution is 2.49. The summed E-state index contributed by atoms with van der Waals surface area (Å²) >= 11 is 0. The molecule has 23 heavy (non-hydrogen) atoms. The van der Waals surface area contributed by atoms with Gasteiger partial charge in [0.05, 0.1) is 0 Å². The smallest absolute Gasteiger partial charge is 0.220 e. The van der Waals surface area contributed by atoms with E-state index in [1.54, 1.807) is 0 Å². The zero-order valence-electron chi connectivity index (χ0n) is 14.8. The molecule has 1 aromatic rings. The maximum Gasteiger partial charge on any atom is 0.220 e. The average molecular weight is 313 g/mol. The predicted octanol–water partition coefficient (Wildman–Crippen LogP) is 4.68. The number of hydrogen-bond donors (Lipinski definition) is 1. The normalized spacial score (nSPS) is 27.4. The van der Waals surface area contributed by atoms with Crippen LogP contribution in [0.3, 0.4) is 0 Å². The molecule has 0 saturated heterocycles. The Morgan fingerprint density at radius 2 is 1.87 bits per heavy atom. The Kier molecular flexibility index (Phi) is 5.08. The number of aryl methyl sites for hydroxylation is 1. The van der Waals surface area contributed by atoms with Gasteiger partial charge in [-0.1, -0.05) is 44.5 Å². The lowest BCUT2D eigenvalue weighted by molar-refractivity contribution is -0.122. The number of hydrogen-bond acceptors (Lipinski definition) is 1. The van der Waals surface area contributed by atoms with Crippen LogP contribution in [0, 0.1) is 17.8 Å². The Hall–Kier alpha value is -1.31. The Bertz CT molecular complexity index is 533. The van der Waals surface area contributed by atoms with E-state index < -0.39 is 0 Å². The molecule has 2 aliphatic rings. The molecule has 2 fully saturated rings. The summed E-state index contributed by atoms with van der Waals surface area (Å²) in [4.78, 5) is 12.3. The molecule has 2 aliphatic carbocycles. The molecule has 0 aliphatic heterocycles. The van der Waals surface area contributed by atoms with Gasteiger partial charge in [-0.3, -0.25) is 4.79 Å². The number of benzene rings is 1. The van der Waals surface area contributed by atoms with Crippen LogP contribution in [0.2, 0.25) is 0 Å². The molecule has 0 radical (unpaired) electrons. The van der Waals surface area contributed by atoms with Gasteiger partial charge in [0.2, 0.25) is 5.91 Å². The van der Waals surface area contributed by atoms with Crippen molar-refractivity contribution >= 4 is 5.91 Å². The number of carbonyl (C=O) groups is 1. The van der Waals surface area contributed by atoms with Crippen molar-refractivity contribution in [1.82, 2.24) is 5.32 Å². The predicted molar refractivity (Wildman–Crippen MR) is 95.4 cm³/mol. The quantitative estimate of drug-likeness (QED) is 0.811. The Balaban J connectivity index is 1.44. The first-order valence-electron chi connectivity index (χ1n) is 9.41. The van der Waals surface area contributed by atoms with Crippen LogP contribution in [0.5, 0.6) is 0 Å². The molecule has 2 saturated carbocycles. The van der Waals surface area contributed by atoms with Gasteiger partial charge in [0.25, 0.3) is 0 Å². The van der Waals surface area contributed by atoms with E-state index in [1.807, 2.05) is 0 Å². The summed E-state index contributed by atoms with van der Waals surface area (Å²) in [6, 6.07) is 9.07. The fourth-order valence-electron chi connectivity index (χ4n) is 4.67. The maximum absolute atomic E-state index is 12.3. The van der Waals surface area contributed by atoms with Gasteiger partial charge in [-0.2, -0.15) is 0 Å². The summed E-state index contributed by atoms with van der Waals surface area (Å²) in [6.45, 7) is 6.62. The summed E-state index contributed by atoms with van der Waals surface area (Å²) in [7, 11) is 0. The molecule has 2 nitrogen and oxygen atoms in total. The number of amides is 1. The SMILES string of the molecule is CC(C)c1ccc(CCC(=O)NC(C)C2CC3CCC2C3)cc1. The maximum atomic E-state index is 12.3. The van der Waals surface area contributed by atoms with Gasteiger partial charge in [0.1, 0.15) is 0 Å². The van der Waals surface area contributed by atoms with E-state index in [1.165, 1.54) is 36.8 Å². The van der Waals surface area contributed by atoms with Crippen molar-refractivity contribution in [1.29, 1.82) is 0 Å². The molecule has 126 valence electrons. The number of carbonyl (C=O) groups excluding carboxylic acids is 1. The lowest BCUT2D eigenvalue weighted by Gasteiger charge is -2.28. The van der Waals surface area contributed by atoms with Crippen molar-refractivity contribution < 1.29 is 4.79 Å². The highest BCUT2D eigenvalue weighted by Gasteiger charge is 2.41. The topological polar surface area (TPSA) is 29.1 Å². The lowest BCUT2D eigenvalue weighted by atomic mass is 9.84. The van der Waals surface area contributed by atoms with E-state index in [0.717, 1.165) is 24.2 Å². The van der Waals surface area contributed by atoms with E-state index in [0.29, 0.717) is 18.4 Å². The third kappa shape index (κ3) is 3.97. The van der Waals surface area contributed by atoms with Gasteiger partial charge in [0.15, 0.2) is 0 Å². The largest absolute Gasteiger partial charge is 0.353 e. The number of fused-ring (bicyclic) bond motifs is 2. The van der Waals surface area contributed by atoms with E-state index in [4.69, 9.17) is 0 Å². The van der Waals surface area contributed by atoms with Crippen LogP contribution in [0.4, 0.5) is 0 Å². The second-order valence-corrected chi connectivity index (χ2v) is 8.09. The van der Waals surface area contributed by atoms with Crippen LogP contribution < -0.4 is 5.32 Å². The summed E-state index contributed by atoms with van der Waals surface area (Å²) < 4.78 is 0. The summed E-state index contributed by atoms with van der Waals surface area (Å²) in [5.41, 5.74) is 2.63. The van der Waals surface area contributed by atoms with E-state index in [-0.39, 0.29) is 5.91 Å². The molecule has 1 N–H and O–H groups in total. The van der Waals surface area contributed by atoms with Gasteiger partial charge in [-0.05, 0) is 67.4 Å². The van der Waals surface area contributed by atoms with E-state index >= 15 is 0 Å². The van der Waals surface area contributed by atoms with Crippen molar-refractivity contribution in [3.05, 3.63) is 35.4 Å². The molecule has 0 heterocycles. The summed E-state index contributed by atoms with van der Waals surface area (Å²) in [5, 5.41) is 3.27. The van der Waals surface area contributed by atoms with Crippen molar-refractivity contribution in [2.75, 3.05) is 0 Å². The molecule has 0 spiro atoms. The van der Waals surface area contributed by atoms with Crippen molar-refractivity contribution in [3.8, 4) is 0 Å². The first-order chi connectivity index (χ1) is 11.0. The molecule has 2 heteroatoms. The van der Waals surface area contributed by atoms with Gasteiger partial charge in [0, 0.05) is 12.5 Å². The molecular weight excluding hydrogens is 282 g/mol. The minimum Gasteiger partial charge on any atom is -0.353 e. The molecule has 2 bridgehead atoms. The molecule has 3 rings (SSSR count). The fraction of sp³-hybridized carbons (Fsp3) is 0.667. The fourth-order valence-corrected chi connectivity index (χ4v) is 4.67. The van der Waals surface area contributed by atoms with Gasteiger partial charge in [-0.25, -0.2) is 0 Å². The number of rotatable bonds is 6. The van der Waals surface area contributed by atoms with Crippen LogP contribution in [0.1, 0.15) is 69.9 Å². The van der Waals surface area contributed by atoms with Crippen LogP contribution in [-0.4, -0.2) is 11.9 Å². The Labute approximate surface area is 141 Å². The van der Waals surface area contributed by atoms with Gasteiger partial charge < -0.3 is 5.32 Å². The Morgan fingerprint density at radius 1 is 1.13 bits per heavy atom. The summed E-state index contributed by atoms with van der Waals surface area (Å²) in [5.74, 6) is 3.33. The van der Waals surface area contributed by atoms with Gasteiger partial charge >= 0.3 is 0 Å². The van der Waals surface area contributed by atoms with Gasteiger partial charge in [-0.15, -0.1) is 0 Å². The lowest BCUT2D eigenvalue weighted by Crippen LogP contribution is -2.40. The minimum atomic E-state index is 0.216. The zero-order chi connectivity index (χ0) is 16.4. The highest BCUT2D eigenvalue weighted by molar-refractivity contribution is 5.76. The molecular formula is C21H31NO. The van der Waals surface area contributed by atoms with Crippen LogP contribution in [0.15, 0.2) is 24.3 Å². The Morgan fingerprint density at radius 3 is 2.43 bits per heavy atom. The summed E-state index contributed by atoms with van der Waals surface area (Å²) in [6.07, 6.45) is 7.00. The molecule has 1 amide bonds. The first kappa shape index (κ1) is 16.5. The van der Waals surface area contributed by atoms with E-state index in [2.05, 4.69) is 50.4 Å². The third-order valence-corrected chi connectivity index (χ3v) is 6.11. The first-order valence-corrected chi connectivity index (χ1v) is 9.41. The highest BCUT2D eigenvalue weighted by atomic mass is 16.1. The molecule has 4 unspecified atom stereocenters. The molecule has 1 aromatic carbocycles. The second kappa shape index (κ2) is 7.07. The van der Waals surface area contributed by atoms with E-state index in [9.17, 15) is 4.79 Å². The average Bonchev–Trinajstić information content (AvgIpc) is 3.16. The van der Waals surface area contributed by atoms with Crippen molar-refractivity contribution in [2.24, 2.45) is 17.8 Å². The third-order valence-electron chi connectivity index (χ3n) is 6.11. The molecule has 4 atom stereocenters. The van der Waals surface area contributed by atoms with Crippen LogP contribution in [-0.2, 0) is 11.2 Å².